The molecule has 2 aromatic carbocycles. The van der Waals surface area contributed by atoms with Crippen LogP contribution in [0.25, 0.3) is 0 Å². The van der Waals surface area contributed by atoms with Gasteiger partial charge in [0.2, 0.25) is 5.91 Å². The number of hydrogen-bond donors (Lipinski definition) is 2. The number of ether oxygens (including phenoxy) is 1. The normalized spacial score (nSPS) is 12.8. The van der Waals surface area contributed by atoms with E-state index in [2.05, 4.69) is 10.6 Å². The number of nitro groups is 1. The van der Waals surface area contributed by atoms with Gasteiger partial charge >= 0.3 is 6.09 Å². The lowest BCUT2D eigenvalue weighted by atomic mass is 10.0. The highest BCUT2D eigenvalue weighted by Gasteiger charge is 2.15. The summed E-state index contributed by atoms with van der Waals surface area (Å²) in [4.78, 5) is 33.2. The highest BCUT2D eigenvalue weighted by atomic mass is 16.6. The van der Waals surface area contributed by atoms with Crippen molar-refractivity contribution < 1.29 is 19.2 Å². The van der Waals surface area contributed by atoms with Gasteiger partial charge in [0.15, 0.2) is 0 Å². The minimum absolute atomic E-state index is 0.0270. The van der Waals surface area contributed by atoms with Crippen LogP contribution in [0.3, 0.4) is 0 Å². The maximum absolute atomic E-state index is 11.9. The highest BCUT2D eigenvalue weighted by Crippen LogP contribution is 2.26. The number of non-ortho nitro benzene ring substituents is 1. The lowest BCUT2D eigenvalue weighted by molar-refractivity contribution is -0.384. The van der Waals surface area contributed by atoms with Gasteiger partial charge in [-0.05, 0) is 42.3 Å². The Hall–Kier alpha value is -3.42. The number of rotatable bonds is 3. The molecule has 122 valence electrons. The molecule has 0 aliphatic carbocycles. The van der Waals surface area contributed by atoms with E-state index < -0.39 is 11.0 Å². The Labute approximate surface area is 136 Å². The molecule has 1 heterocycles. The summed E-state index contributed by atoms with van der Waals surface area (Å²) in [6.45, 7) is 0. The molecule has 0 saturated heterocycles. The van der Waals surface area contributed by atoms with E-state index in [-0.39, 0.29) is 17.3 Å². The van der Waals surface area contributed by atoms with Crippen molar-refractivity contribution in [1.82, 2.24) is 0 Å². The summed E-state index contributed by atoms with van der Waals surface area (Å²) in [7, 11) is 0. The van der Waals surface area contributed by atoms with Crippen LogP contribution < -0.4 is 15.4 Å². The fourth-order valence-electron chi connectivity index (χ4n) is 2.35. The van der Waals surface area contributed by atoms with Crippen molar-refractivity contribution in [2.24, 2.45) is 0 Å². The largest absolute Gasteiger partial charge is 0.417 e. The predicted octanol–water partition coefficient (Wildman–Crippen LogP) is 3.09. The Morgan fingerprint density at radius 3 is 2.62 bits per heavy atom. The molecule has 0 atom stereocenters. The second kappa shape index (κ2) is 6.37. The van der Waals surface area contributed by atoms with Gasteiger partial charge in [-0.25, -0.2) is 4.79 Å². The highest BCUT2D eigenvalue weighted by molar-refractivity contribution is 5.95. The van der Waals surface area contributed by atoms with E-state index in [4.69, 9.17) is 4.74 Å². The van der Waals surface area contributed by atoms with Gasteiger partial charge in [-0.15, -0.1) is 0 Å². The molecule has 8 nitrogen and oxygen atoms in total. The molecule has 1 aliphatic heterocycles. The maximum atomic E-state index is 11.9. The van der Waals surface area contributed by atoms with Crippen molar-refractivity contribution in [3.63, 3.8) is 0 Å². The van der Waals surface area contributed by atoms with Gasteiger partial charge < -0.3 is 10.1 Å². The van der Waals surface area contributed by atoms with E-state index in [1.54, 1.807) is 18.2 Å². The van der Waals surface area contributed by atoms with Gasteiger partial charge in [0.25, 0.3) is 5.69 Å². The zero-order valence-corrected chi connectivity index (χ0v) is 12.4. The van der Waals surface area contributed by atoms with Gasteiger partial charge in [-0.3, -0.25) is 20.2 Å². The average molecular weight is 327 g/mol. The molecular weight excluding hydrogens is 314 g/mol. The van der Waals surface area contributed by atoms with E-state index in [1.165, 1.54) is 24.3 Å². The number of amides is 2. The number of carbonyl (C=O) groups excluding carboxylic acids is 2. The van der Waals surface area contributed by atoms with Crippen LogP contribution in [-0.4, -0.2) is 16.9 Å². The van der Waals surface area contributed by atoms with E-state index in [0.29, 0.717) is 18.5 Å². The minimum atomic E-state index is -0.705. The molecule has 2 N–H and O–H groups in total. The van der Waals surface area contributed by atoms with E-state index in [1.807, 2.05) is 0 Å². The molecule has 8 heteroatoms. The van der Waals surface area contributed by atoms with Crippen molar-refractivity contribution in [3.8, 4) is 5.75 Å². The molecule has 3 rings (SSSR count). The number of hydrogen-bond acceptors (Lipinski definition) is 5. The average Bonchev–Trinajstić information content (AvgIpc) is 2.55. The molecule has 1 aliphatic rings. The maximum Gasteiger partial charge on any atom is 0.417 e. The Kier molecular flexibility index (Phi) is 4.11. The predicted molar refractivity (Wildman–Crippen MR) is 86.1 cm³/mol. The Bertz CT molecular complexity index is 817. The molecular formula is C16H13N3O5. The molecule has 24 heavy (non-hydrogen) atoms. The first-order valence-corrected chi connectivity index (χ1v) is 7.17. The van der Waals surface area contributed by atoms with Crippen LogP contribution in [0.1, 0.15) is 12.0 Å². The molecule has 0 bridgehead atoms. The fraction of sp³-hybridized carbons (Fsp3) is 0.125. The third-order valence-corrected chi connectivity index (χ3v) is 3.51. The van der Waals surface area contributed by atoms with Crippen LogP contribution in [0.2, 0.25) is 0 Å². The number of aryl methyl sites for hydroxylation is 1. The van der Waals surface area contributed by atoms with Crippen LogP contribution in [0, 0.1) is 10.1 Å². The Morgan fingerprint density at radius 2 is 1.92 bits per heavy atom. The number of nitrogens with one attached hydrogen (secondary N) is 2. The summed E-state index contributed by atoms with van der Waals surface area (Å²) in [5.74, 6) is 0.170. The minimum Gasteiger partial charge on any atom is -0.410 e. The first kappa shape index (κ1) is 15.5. The van der Waals surface area contributed by atoms with Crippen LogP contribution in [0.15, 0.2) is 42.5 Å². The zero-order chi connectivity index (χ0) is 17.1. The summed E-state index contributed by atoms with van der Waals surface area (Å²) >= 11 is 0. The second-order valence-corrected chi connectivity index (χ2v) is 5.19. The quantitative estimate of drug-likeness (QED) is 0.665. The Balaban J connectivity index is 1.64. The summed E-state index contributed by atoms with van der Waals surface area (Å²) < 4.78 is 5.07. The number of benzene rings is 2. The van der Waals surface area contributed by atoms with Gasteiger partial charge in [-0.2, -0.15) is 0 Å². The number of anilines is 2. The van der Waals surface area contributed by atoms with Crippen molar-refractivity contribution in [2.45, 2.75) is 12.8 Å². The van der Waals surface area contributed by atoms with Crippen LogP contribution in [0.4, 0.5) is 21.9 Å². The Morgan fingerprint density at radius 1 is 1.17 bits per heavy atom. The second-order valence-electron chi connectivity index (χ2n) is 5.19. The van der Waals surface area contributed by atoms with Gasteiger partial charge in [-0.1, -0.05) is 0 Å². The number of fused-ring (bicyclic) bond motifs is 1. The van der Waals surface area contributed by atoms with E-state index >= 15 is 0 Å². The SMILES string of the molecule is O=C1CCc2cc(NC(=O)Oc3ccc([N+](=O)[O-])cc3)ccc2N1. The molecule has 0 spiro atoms. The fourth-order valence-corrected chi connectivity index (χ4v) is 2.35. The molecule has 0 saturated carbocycles. The van der Waals surface area contributed by atoms with Crippen molar-refractivity contribution in [1.29, 1.82) is 0 Å². The molecule has 2 amide bonds. The third kappa shape index (κ3) is 3.49. The lowest BCUT2D eigenvalue weighted by Gasteiger charge is -2.17. The van der Waals surface area contributed by atoms with E-state index in [0.717, 1.165) is 11.3 Å². The number of nitrogens with zero attached hydrogens (tertiary/aromatic N) is 1. The summed E-state index contributed by atoms with van der Waals surface area (Å²) in [5, 5.41) is 15.9. The van der Waals surface area contributed by atoms with Crippen molar-refractivity contribution in [3.05, 3.63) is 58.1 Å². The van der Waals surface area contributed by atoms with Crippen molar-refractivity contribution >= 4 is 29.1 Å². The molecule has 0 aromatic heterocycles. The first-order valence-electron chi connectivity index (χ1n) is 7.17. The number of carbonyl (C=O) groups is 2. The topological polar surface area (TPSA) is 111 Å². The van der Waals surface area contributed by atoms with Crippen molar-refractivity contribution in [2.75, 3.05) is 10.6 Å². The van der Waals surface area contributed by atoms with Gasteiger partial charge in [0.05, 0.1) is 4.92 Å². The third-order valence-electron chi connectivity index (χ3n) is 3.51. The van der Waals surface area contributed by atoms with Crippen LogP contribution in [-0.2, 0) is 11.2 Å². The van der Waals surface area contributed by atoms with Crippen LogP contribution in [0.5, 0.6) is 5.75 Å². The summed E-state index contributed by atoms with van der Waals surface area (Å²) in [6, 6.07) is 10.3. The standard InChI is InChI=1S/C16H13N3O5/c20-15-8-1-10-9-11(2-7-14(10)18-15)17-16(21)24-13-5-3-12(4-6-13)19(22)23/h2-7,9H,1,8H2,(H,17,21)(H,18,20). The molecule has 0 radical (unpaired) electrons. The smallest absolute Gasteiger partial charge is 0.410 e. The monoisotopic (exact) mass is 327 g/mol. The summed E-state index contributed by atoms with van der Waals surface area (Å²) in [6.07, 6.45) is 0.307. The zero-order valence-electron chi connectivity index (χ0n) is 12.4. The molecule has 0 fully saturated rings. The first-order chi connectivity index (χ1) is 11.5. The van der Waals surface area contributed by atoms with Crippen LogP contribution >= 0.6 is 0 Å². The summed E-state index contributed by atoms with van der Waals surface area (Å²) in [5.41, 5.74) is 2.12. The van der Waals surface area contributed by atoms with Gasteiger partial charge in [0.1, 0.15) is 5.75 Å². The van der Waals surface area contributed by atoms with E-state index in [9.17, 15) is 19.7 Å². The molecule has 0 unspecified atom stereocenters. The molecule has 2 aromatic rings. The number of nitro benzene ring substituents is 1. The lowest BCUT2D eigenvalue weighted by Crippen LogP contribution is -2.20. The van der Waals surface area contributed by atoms with Gasteiger partial charge in [0, 0.05) is 29.9 Å².